The lowest BCUT2D eigenvalue weighted by Crippen LogP contribution is -2.13. The summed E-state index contributed by atoms with van der Waals surface area (Å²) < 4.78 is 5.10. The molecule has 0 unspecified atom stereocenters. The van der Waals surface area contributed by atoms with Crippen molar-refractivity contribution >= 4 is 39.6 Å². The van der Waals surface area contributed by atoms with E-state index in [0.717, 1.165) is 20.9 Å². The summed E-state index contributed by atoms with van der Waals surface area (Å²) in [5.74, 6) is -1.41. The van der Waals surface area contributed by atoms with Crippen LogP contribution in [0.1, 0.15) is 25.6 Å². The second-order valence-electron chi connectivity index (χ2n) is 6.07. The van der Waals surface area contributed by atoms with E-state index in [1.54, 1.807) is 30.7 Å². The van der Waals surface area contributed by atoms with Crippen LogP contribution in [0, 0.1) is 6.92 Å². The van der Waals surface area contributed by atoms with Crippen LogP contribution in [0.2, 0.25) is 0 Å². The van der Waals surface area contributed by atoms with Crippen molar-refractivity contribution in [2.45, 2.75) is 6.92 Å². The third-order valence-corrected chi connectivity index (χ3v) is 6.18. The molecule has 2 N–H and O–H groups in total. The van der Waals surface area contributed by atoms with Crippen LogP contribution in [-0.2, 0) is 0 Å². The molecular weight excluding hydrogens is 394 g/mol. The zero-order valence-electron chi connectivity index (χ0n) is 14.8. The molecule has 4 rings (SSSR count). The number of hydrogen-bond donors (Lipinski definition) is 2. The second-order valence-corrected chi connectivity index (χ2v) is 8.24. The number of rotatable bonds is 5. The third kappa shape index (κ3) is 3.37. The van der Waals surface area contributed by atoms with Crippen molar-refractivity contribution in [3.05, 3.63) is 76.4 Å². The van der Waals surface area contributed by atoms with E-state index in [1.807, 2.05) is 36.6 Å². The van der Waals surface area contributed by atoms with Crippen LogP contribution in [0.4, 0.5) is 5.00 Å². The number of thiophene rings is 2. The molecule has 3 heterocycles. The number of carboxylic acid groups (broad SMARTS) is 1. The van der Waals surface area contributed by atoms with Crippen molar-refractivity contribution in [3.63, 3.8) is 0 Å². The van der Waals surface area contributed by atoms with E-state index in [0.29, 0.717) is 16.1 Å². The van der Waals surface area contributed by atoms with Gasteiger partial charge in [-0.2, -0.15) is 0 Å². The predicted molar refractivity (Wildman–Crippen MR) is 111 cm³/mol. The first kappa shape index (κ1) is 18.2. The van der Waals surface area contributed by atoms with Gasteiger partial charge in [-0.25, -0.2) is 4.79 Å². The van der Waals surface area contributed by atoms with Crippen molar-refractivity contribution in [2.75, 3.05) is 5.32 Å². The van der Waals surface area contributed by atoms with E-state index < -0.39 is 5.97 Å². The average Bonchev–Trinajstić information content (AvgIpc) is 3.42. The summed E-state index contributed by atoms with van der Waals surface area (Å²) in [5.41, 5.74) is 2.95. The Morgan fingerprint density at radius 2 is 1.96 bits per heavy atom. The highest BCUT2D eigenvalue weighted by Crippen LogP contribution is 2.41. The number of benzene rings is 1. The average molecular weight is 409 g/mol. The molecule has 0 aliphatic carbocycles. The quantitative estimate of drug-likeness (QED) is 0.424. The second kappa shape index (κ2) is 7.46. The largest absolute Gasteiger partial charge is 0.478 e. The Morgan fingerprint density at radius 3 is 2.64 bits per heavy atom. The van der Waals surface area contributed by atoms with Crippen molar-refractivity contribution in [3.8, 4) is 21.6 Å². The maximum absolute atomic E-state index is 12.8. The molecule has 28 heavy (non-hydrogen) atoms. The van der Waals surface area contributed by atoms with Crippen LogP contribution in [0.3, 0.4) is 0 Å². The van der Waals surface area contributed by atoms with E-state index in [2.05, 4.69) is 5.32 Å². The molecule has 1 amide bonds. The molecule has 7 heteroatoms. The summed E-state index contributed by atoms with van der Waals surface area (Å²) in [5, 5.41) is 14.8. The van der Waals surface area contributed by atoms with E-state index in [9.17, 15) is 14.7 Å². The highest BCUT2D eigenvalue weighted by molar-refractivity contribution is 7.18. The van der Waals surface area contributed by atoms with Crippen LogP contribution in [-0.4, -0.2) is 17.0 Å². The molecule has 0 radical (unpaired) electrons. The molecule has 1 aromatic carbocycles. The molecule has 0 saturated heterocycles. The number of anilines is 1. The highest BCUT2D eigenvalue weighted by atomic mass is 32.1. The third-order valence-electron chi connectivity index (χ3n) is 4.27. The topological polar surface area (TPSA) is 79.5 Å². The molecule has 0 fully saturated rings. The maximum Gasteiger partial charge on any atom is 0.339 e. The molecule has 0 aliphatic rings. The van der Waals surface area contributed by atoms with Crippen LogP contribution in [0.15, 0.2) is 64.8 Å². The lowest BCUT2D eigenvalue weighted by Gasteiger charge is -2.07. The highest BCUT2D eigenvalue weighted by Gasteiger charge is 2.25. The number of nitrogens with one attached hydrogen (secondary N) is 1. The fourth-order valence-electron chi connectivity index (χ4n) is 3.00. The number of aryl methyl sites for hydroxylation is 1. The summed E-state index contributed by atoms with van der Waals surface area (Å²) in [6.45, 7) is 1.86. The van der Waals surface area contributed by atoms with Gasteiger partial charge in [0.05, 0.1) is 12.5 Å². The molecule has 140 valence electrons. The summed E-state index contributed by atoms with van der Waals surface area (Å²) in [6, 6.07) is 12.7. The standard InChI is InChI=1S/C21H15NO4S2/c1-12-17(16-6-3-9-27-16)18(21(24)25)20(28-12)22-19(23)14-5-2-4-13(10-14)15-7-8-26-11-15/h2-11H,1H3,(H,22,23)(H,24,25). The molecule has 0 spiro atoms. The van der Waals surface area contributed by atoms with Gasteiger partial charge in [0, 0.05) is 26.4 Å². The van der Waals surface area contributed by atoms with Crippen LogP contribution < -0.4 is 5.32 Å². The Labute approximate surface area is 168 Å². The number of carboxylic acids is 1. The summed E-state index contributed by atoms with van der Waals surface area (Å²) >= 11 is 2.74. The van der Waals surface area contributed by atoms with Gasteiger partial charge >= 0.3 is 5.97 Å². The number of hydrogen-bond acceptors (Lipinski definition) is 5. The van der Waals surface area contributed by atoms with Gasteiger partial charge in [-0.15, -0.1) is 22.7 Å². The Kier molecular flexibility index (Phi) is 4.85. The SMILES string of the molecule is Cc1sc(NC(=O)c2cccc(-c3ccoc3)c2)c(C(=O)O)c1-c1cccs1. The fraction of sp³-hybridized carbons (Fsp3) is 0.0476. The normalized spacial score (nSPS) is 10.8. The number of aromatic carboxylic acids is 1. The molecule has 0 saturated carbocycles. The number of carbonyl (C=O) groups excluding carboxylic acids is 1. The molecule has 5 nitrogen and oxygen atoms in total. The number of amides is 1. The van der Waals surface area contributed by atoms with Gasteiger partial charge in [0.2, 0.25) is 0 Å². The maximum atomic E-state index is 12.8. The first-order valence-electron chi connectivity index (χ1n) is 8.39. The zero-order valence-corrected chi connectivity index (χ0v) is 16.4. The van der Waals surface area contributed by atoms with Gasteiger partial charge in [-0.05, 0) is 42.1 Å². The Hall–Kier alpha value is -3.16. The lowest BCUT2D eigenvalue weighted by molar-refractivity contribution is 0.0699. The Bertz CT molecular complexity index is 1140. The minimum atomic E-state index is -1.06. The van der Waals surface area contributed by atoms with Gasteiger partial charge in [0.1, 0.15) is 10.6 Å². The van der Waals surface area contributed by atoms with Crippen molar-refractivity contribution in [1.29, 1.82) is 0 Å². The van der Waals surface area contributed by atoms with E-state index in [-0.39, 0.29) is 11.5 Å². The summed E-state index contributed by atoms with van der Waals surface area (Å²) in [7, 11) is 0. The van der Waals surface area contributed by atoms with Crippen LogP contribution in [0.25, 0.3) is 21.6 Å². The van der Waals surface area contributed by atoms with Crippen LogP contribution in [0.5, 0.6) is 0 Å². The van der Waals surface area contributed by atoms with Crippen molar-refractivity contribution < 1.29 is 19.1 Å². The smallest absolute Gasteiger partial charge is 0.339 e. The Morgan fingerprint density at radius 1 is 1.11 bits per heavy atom. The van der Waals surface area contributed by atoms with Gasteiger partial charge in [-0.1, -0.05) is 18.2 Å². The van der Waals surface area contributed by atoms with Gasteiger partial charge < -0.3 is 14.8 Å². The molecule has 3 aromatic heterocycles. The van der Waals surface area contributed by atoms with Gasteiger partial charge in [-0.3, -0.25) is 4.79 Å². The van der Waals surface area contributed by atoms with E-state index in [4.69, 9.17) is 4.42 Å². The molecule has 4 aromatic rings. The predicted octanol–water partition coefficient (Wildman–Crippen LogP) is 6.00. The minimum absolute atomic E-state index is 0.129. The van der Waals surface area contributed by atoms with Crippen molar-refractivity contribution in [2.24, 2.45) is 0 Å². The zero-order chi connectivity index (χ0) is 19.7. The summed E-state index contributed by atoms with van der Waals surface area (Å²) in [4.78, 5) is 26.4. The first-order chi connectivity index (χ1) is 13.5. The molecular formula is C21H15NO4S2. The number of carbonyl (C=O) groups is 2. The monoisotopic (exact) mass is 409 g/mol. The first-order valence-corrected chi connectivity index (χ1v) is 10.1. The fourth-order valence-corrected chi connectivity index (χ4v) is 4.95. The van der Waals surface area contributed by atoms with E-state index >= 15 is 0 Å². The molecule has 0 aliphatic heterocycles. The lowest BCUT2D eigenvalue weighted by atomic mass is 10.1. The minimum Gasteiger partial charge on any atom is -0.478 e. The van der Waals surface area contributed by atoms with Crippen LogP contribution >= 0.6 is 22.7 Å². The molecule has 0 bridgehead atoms. The van der Waals surface area contributed by atoms with Gasteiger partial charge in [0.15, 0.2) is 0 Å². The van der Waals surface area contributed by atoms with Crippen molar-refractivity contribution in [1.82, 2.24) is 0 Å². The summed E-state index contributed by atoms with van der Waals surface area (Å²) in [6.07, 6.45) is 3.18. The van der Waals surface area contributed by atoms with E-state index in [1.165, 1.54) is 22.7 Å². The molecule has 0 atom stereocenters. The number of furan rings is 1. The van der Waals surface area contributed by atoms with Gasteiger partial charge in [0.25, 0.3) is 5.91 Å². The Balaban J connectivity index is 1.68.